The summed E-state index contributed by atoms with van der Waals surface area (Å²) >= 11 is 0. The lowest BCUT2D eigenvalue weighted by Gasteiger charge is -2.36. The number of hydrogen-bond donors (Lipinski definition) is 1. The quantitative estimate of drug-likeness (QED) is 0.647. The lowest BCUT2D eigenvalue weighted by Crippen LogP contribution is -2.51. The lowest BCUT2D eigenvalue weighted by molar-refractivity contribution is -0.150. The minimum atomic E-state index is -0.641. The number of nitrogens with zero attached hydrogens (tertiary/aromatic N) is 3. The highest BCUT2D eigenvalue weighted by atomic mass is 16.5. The van der Waals surface area contributed by atoms with E-state index in [4.69, 9.17) is 4.74 Å². The molecular formula is C24H34N4O4. The molecule has 3 aliphatic rings. The van der Waals surface area contributed by atoms with Gasteiger partial charge in [0.15, 0.2) is 0 Å². The monoisotopic (exact) mass is 442 g/mol. The van der Waals surface area contributed by atoms with Crippen LogP contribution in [0.2, 0.25) is 0 Å². The molecule has 0 radical (unpaired) electrons. The van der Waals surface area contributed by atoms with Gasteiger partial charge in [0.05, 0.1) is 12.8 Å². The van der Waals surface area contributed by atoms with Gasteiger partial charge in [0.1, 0.15) is 11.8 Å². The average Bonchev–Trinajstić information content (AvgIpc) is 3.49. The van der Waals surface area contributed by atoms with E-state index in [2.05, 4.69) is 21.2 Å². The summed E-state index contributed by atoms with van der Waals surface area (Å²) in [5, 5.41) is 2.97. The molecule has 2 aliphatic heterocycles. The molecule has 1 N–H and O–H groups in total. The predicted molar refractivity (Wildman–Crippen MR) is 121 cm³/mol. The number of amides is 3. The van der Waals surface area contributed by atoms with E-state index in [1.165, 1.54) is 4.90 Å². The SMILES string of the molecule is COc1ccccc1N1CCN(CCNC(=O)[C@@H]2CCC(=O)N2C(=O)C2CCCC2)CC1. The minimum Gasteiger partial charge on any atom is -0.495 e. The second-order valence-electron chi connectivity index (χ2n) is 8.93. The summed E-state index contributed by atoms with van der Waals surface area (Å²) in [5.74, 6) is 0.255. The summed E-state index contributed by atoms with van der Waals surface area (Å²) in [4.78, 5) is 43.8. The first kappa shape index (κ1) is 22.6. The van der Waals surface area contributed by atoms with Crippen LogP contribution in [-0.2, 0) is 14.4 Å². The molecule has 0 aromatic heterocycles. The smallest absolute Gasteiger partial charge is 0.243 e. The summed E-state index contributed by atoms with van der Waals surface area (Å²) in [7, 11) is 1.69. The van der Waals surface area contributed by atoms with Crippen LogP contribution in [0.1, 0.15) is 38.5 Å². The Labute approximate surface area is 189 Å². The number of anilines is 1. The molecule has 32 heavy (non-hydrogen) atoms. The third-order valence-electron chi connectivity index (χ3n) is 6.98. The number of carbonyl (C=O) groups excluding carboxylic acids is 3. The first-order valence-electron chi connectivity index (χ1n) is 11.8. The van der Waals surface area contributed by atoms with Gasteiger partial charge in [-0.1, -0.05) is 25.0 Å². The first-order valence-corrected chi connectivity index (χ1v) is 11.8. The zero-order valence-electron chi connectivity index (χ0n) is 18.9. The number of para-hydroxylation sites is 2. The molecule has 2 saturated heterocycles. The number of nitrogens with one attached hydrogen (secondary N) is 1. The molecular weight excluding hydrogens is 408 g/mol. The third kappa shape index (κ3) is 4.90. The molecule has 1 aliphatic carbocycles. The van der Waals surface area contributed by atoms with E-state index in [9.17, 15) is 14.4 Å². The fourth-order valence-corrected chi connectivity index (χ4v) is 5.14. The van der Waals surface area contributed by atoms with E-state index in [0.29, 0.717) is 13.0 Å². The molecule has 1 aromatic rings. The summed E-state index contributed by atoms with van der Waals surface area (Å²) in [6.45, 7) is 4.88. The first-order chi connectivity index (χ1) is 15.6. The predicted octanol–water partition coefficient (Wildman–Crippen LogP) is 1.64. The maximum Gasteiger partial charge on any atom is 0.243 e. The van der Waals surface area contributed by atoms with Crippen LogP contribution in [0.15, 0.2) is 24.3 Å². The van der Waals surface area contributed by atoms with Crippen molar-refractivity contribution in [2.45, 2.75) is 44.6 Å². The lowest BCUT2D eigenvalue weighted by atomic mass is 10.1. The minimum absolute atomic E-state index is 0.0908. The highest BCUT2D eigenvalue weighted by Gasteiger charge is 2.42. The van der Waals surface area contributed by atoms with Crippen molar-refractivity contribution in [3.8, 4) is 5.75 Å². The van der Waals surface area contributed by atoms with Crippen molar-refractivity contribution >= 4 is 23.4 Å². The molecule has 1 aromatic carbocycles. The molecule has 2 heterocycles. The van der Waals surface area contributed by atoms with Crippen LogP contribution in [0.25, 0.3) is 0 Å². The van der Waals surface area contributed by atoms with Crippen LogP contribution in [0, 0.1) is 5.92 Å². The van der Waals surface area contributed by atoms with Gasteiger partial charge in [0.25, 0.3) is 0 Å². The van der Waals surface area contributed by atoms with Gasteiger partial charge in [-0.25, -0.2) is 0 Å². The van der Waals surface area contributed by atoms with E-state index < -0.39 is 6.04 Å². The van der Waals surface area contributed by atoms with Crippen molar-refractivity contribution in [3.05, 3.63) is 24.3 Å². The standard InChI is InChI=1S/C24H34N4O4/c1-32-21-9-5-4-8-19(21)27-16-14-26(15-17-27)13-12-25-23(30)20-10-11-22(29)28(20)24(31)18-6-2-3-7-18/h4-5,8-9,18,20H,2-3,6-7,10-17H2,1H3,(H,25,30)/t20-/m0/s1. The van der Waals surface area contributed by atoms with Crippen molar-refractivity contribution in [1.29, 1.82) is 0 Å². The molecule has 1 atom stereocenters. The molecule has 8 nitrogen and oxygen atoms in total. The van der Waals surface area contributed by atoms with Gasteiger partial charge < -0.3 is 15.0 Å². The maximum absolute atomic E-state index is 12.8. The Hall–Kier alpha value is -2.61. The van der Waals surface area contributed by atoms with E-state index in [-0.39, 0.29) is 30.1 Å². The molecule has 4 rings (SSSR count). The highest BCUT2D eigenvalue weighted by Crippen LogP contribution is 2.30. The molecule has 0 bridgehead atoms. The van der Waals surface area contributed by atoms with Gasteiger partial charge in [-0.2, -0.15) is 0 Å². The number of methoxy groups -OCH3 is 1. The normalized spacial score (nSPS) is 22.4. The van der Waals surface area contributed by atoms with Gasteiger partial charge in [-0.3, -0.25) is 24.2 Å². The Morgan fingerprint density at radius 1 is 1.06 bits per heavy atom. The van der Waals surface area contributed by atoms with Gasteiger partial charge in [-0.15, -0.1) is 0 Å². The summed E-state index contributed by atoms with van der Waals surface area (Å²) in [5.41, 5.74) is 1.11. The van der Waals surface area contributed by atoms with Crippen LogP contribution < -0.4 is 15.0 Å². The van der Waals surface area contributed by atoms with Crippen molar-refractivity contribution in [2.24, 2.45) is 5.92 Å². The number of ether oxygens (including phenoxy) is 1. The molecule has 3 fully saturated rings. The number of carbonyl (C=O) groups is 3. The number of imide groups is 1. The summed E-state index contributed by atoms with van der Waals surface area (Å²) in [6.07, 6.45) is 4.43. The van der Waals surface area contributed by atoms with Gasteiger partial charge in [-0.05, 0) is 31.4 Å². The van der Waals surface area contributed by atoms with E-state index >= 15 is 0 Å². The number of benzene rings is 1. The van der Waals surface area contributed by atoms with Crippen LogP contribution in [0.3, 0.4) is 0 Å². The Morgan fingerprint density at radius 2 is 1.78 bits per heavy atom. The Morgan fingerprint density at radius 3 is 2.50 bits per heavy atom. The molecule has 1 saturated carbocycles. The molecule has 0 spiro atoms. The van der Waals surface area contributed by atoms with E-state index in [0.717, 1.165) is 69.8 Å². The van der Waals surface area contributed by atoms with Crippen molar-refractivity contribution in [1.82, 2.24) is 15.1 Å². The largest absolute Gasteiger partial charge is 0.495 e. The highest BCUT2D eigenvalue weighted by molar-refractivity contribution is 6.03. The van der Waals surface area contributed by atoms with E-state index in [1.807, 2.05) is 18.2 Å². The average molecular weight is 443 g/mol. The van der Waals surface area contributed by atoms with Crippen LogP contribution >= 0.6 is 0 Å². The van der Waals surface area contributed by atoms with Crippen LogP contribution in [0.4, 0.5) is 5.69 Å². The fourth-order valence-electron chi connectivity index (χ4n) is 5.14. The number of piperazine rings is 1. The van der Waals surface area contributed by atoms with Gasteiger partial charge in [0, 0.05) is 51.6 Å². The number of hydrogen-bond acceptors (Lipinski definition) is 6. The van der Waals surface area contributed by atoms with Crippen molar-refractivity contribution in [2.75, 3.05) is 51.3 Å². The molecule has 8 heteroatoms. The number of likely N-dealkylation sites (tertiary alicyclic amines) is 1. The van der Waals surface area contributed by atoms with Gasteiger partial charge in [0.2, 0.25) is 17.7 Å². The second kappa shape index (κ2) is 10.3. The zero-order chi connectivity index (χ0) is 22.5. The van der Waals surface area contributed by atoms with Crippen molar-refractivity contribution < 1.29 is 19.1 Å². The van der Waals surface area contributed by atoms with Crippen LogP contribution in [-0.4, -0.2) is 79.9 Å². The summed E-state index contributed by atoms with van der Waals surface area (Å²) in [6, 6.07) is 7.41. The van der Waals surface area contributed by atoms with E-state index in [1.54, 1.807) is 7.11 Å². The summed E-state index contributed by atoms with van der Waals surface area (Å²) < 4.78 is 5.48. The Kier molecular flexibility index (Phi) is 7.29. The Bertz CT molecular complexity index is 831. The van der Waals surface area contributed by atoms with Crippen LogP contribution in [0.5, 0.6) is 5.75 Å². The Balaban J connectivity index is 1.23. The maximum atomic E-state index is 12.8. The molecule has 0 unspecified atom stereocenters. The molecule has 174 valence electrons. The third-order valence-corrected chi connectivity index (χ3v) is 6.98. The topological polar surface area (TPSA) is 82.2 Å². The fraction of sp³-hybridized carbons (Fsp3) is 0.625. The molecule has 3 amide bonds. The van der Waals surface area contributed by atoms with Crippen molar-refractivity contribution in [3.63, 3.8) is 0 Å². The zero-order valence-corrected chi connectivity index (χ0v) is 18.9. The van der Waals surface area contributed by atoms with Gasteiger partial charge >= 0.3 is 0 Å². The number of rotatable bonds is 7. The second-order valence-corrected chi connectivity index (χ2v) is 8.93.